The maximum absolute atomic E-state index is 13.0. The lowest BCUT2D eigenvalue weighted by atomic mass is 9.87. The smallest absolute Gasteiger partial charge is 0.243 e. The van der Waals surface area contributed by atoms with Crippen LogP contribution in [0, 0.1) is 0 Å². The highest BCUT2D eigenvalue weighted by Gasteiger charge is 2.40. The second-order valence-electron chi connectivity index (χ2n) is 7.50. The van der Waals surface area contributed by atoms with E-state index < -0.39 is 16.1 Å². The van der Waals surface area contributed by atoms with Gasteiger partial charge >= 0.3 is 0 Å². The number of nitrogen functional groups attached to an aromatic ring is 1. The predicted molar refractivity (Wildman–Crippen MR) is 115 cm³/mol. The summed E-state index contributed by atoms with van der Waals surface area (Å²) in [6, 6.07) is 13.4. The Labute approximate surface area is 177 Å². The predicted octanol–water partition coefficient (Wildman–Crippen LogP) is 3.04. The van der Waals surface area contributed by atoms with Gasteiger partial charge < -0.3 is 11.1 Å². The Hall–Kier alpha value is -2.09. The molecule has 2 unspecified atom stereocenters. The summed E-state index contributed by atoms with van der Waals surface area (Å²) < 4.78 is 27.4. The number of sulfonamides is 1. The van der Waals surface area contributed by atoms with Crippen molar-refractivity contribution in [2.45, 2.75) is 49.1 Å². The van der Waals surface area contributed by atoms with Crippen LogP contribution in [0.25, 0.3) is 0 Å². The Morgan fingerprint density at radius 1 is 1.07 bits per heavy atom. The first kappa shape index (κ1) is 21.6. The Balaban J connectivity index is 0.00000240. The summed E-state index contributed by atoms with van der Waals surface area (Å²) in [6.45, 7) is 0.368. The number of anilines is 1. The molecule has 156 valence electrons. The van der Waals surface area contributed by atoms with Crippen LogP contribution in [0.15, 0.2) is 53.4 Å². The molecule has 3 N–H and O–H groups in total. The number of amides is 1. The maximum Gasteiger partial charge on any atom is 0.243 e. The fourth-order valence-corrected chi connectivity index (χ4v) is 5.95. The summed E-state index contributed by atoms with van der Waals surface area (Å²) in [6.07, 6.45) is 3.99. The molecular weight excluding hydrogens is 410 g/mol. The molecule has 1 fully saturated rings. The van der Waals surface area contributed by atoms with E-state index >= 15 is 0 Å². The van der Waals surface area contributed by atoms with Gasteiger partial charge in [0.15, 0.2) is 0 Å². The van der Waals surface area contributed by atoms with Crippen LogP contribution in [0.5, 0.6) is 0 Å². The normalized spacial score (nSPS) is 21.8. The van der Waals surface area contributed by atoms with E-state index in [1.807, 2.05) is 18.2 Å². The largest absolute Gasteiger partial charge is 0.399 e. The lowest BCUT2D eigenvalue weighted by Crippen LogP contribution is -2.47. The van der Waals surface area contributed by atoms with Crippen LogP contribution in [-0.2, 0) is 21.2 Å². The van der Waals surface area contributed by atoms with Gasteiger partial charge in [0.1, 0.15) is 6.04 Å². The molecule has 1 amide bonds. The highest BCUT2D eigenvalue weighted by Crippen LogP contribution is 2.32. The highest BCUT2D eigenvalue weighted by atomic mass is 35.5. The second-order valence-corrected chi connectivity index (χ2v) is 9.39. The number of carbonyl (C=O) groups excluding carboxylic acids is 1. The van der Waals surface area contributed by atoms with E-state index in [1.54, 1.807) is 30.3 Å². The summed E-state index contributed by atoms with van der Waals surface area (Å²) >= 11 is 0. The van der Waals surface area contributed by atoms with Crippen molar-refractivity contribution in [2.24, 2.45) is 0 Å². The molecule has 0 spiro atoms. The molecule has 0 radical (unpaired) electrons. The van der Waals surface area contributed by atoms with Gasteiger partial charge in [0.05, 0.1) is 10.9 Å². The van der Waals surface area contributed by atoms with Gasteiger partial charge in [0, 0.05) is 12.2 Å². The SMILES string of the molecule is Cl.Nc1ccc2c(c1)CCCC2NC(=O)C1CCCN1S(=O)(=O)c1ccccc1. The molecule has 1 aliphatic heterocycles. The third-order valence-corrected chi connectivity index (χ3v) is 7.58. The van der Waals surface area contributed by atoms with Crippen molar-refractivity contribution in [1.82, 2.24) is 9.62 Å². The molecule has 0 bridgehead atoms. The van der Waals surface area contributed by atoms with Gasteiger partial charge in [0.2, 0.25) is 15.9 Å². The van der Waals surface area contributed by atoms with Crippen molar-refractivity contribution in [3.63, 3.8) is 0 Å². The quantitative estimate of drug-likeness (QED) is 0.722. The zero-order valence-electron chi connectivity index (χ0n) is 16.1. The number of hydrogen-bond acceptors (Lipinski definition) is 4. The van der Waals surface area contributed by atoms with E-state index in [1.165, 1.54) is 4.31 Å². The molecule has 0 saturated carbocycles. The standard InChI is InChI=1S/C21H25N3O3S.ClH/c22-16-11-12-18-15(14-16)6-4-9-19(18)23-21(25)20-10-5-13-24(20)28(26,27)17-7-2-1-3-8-17;/h1-3,7-8,11-12,14,19-20H,4-6,9-10,13,22H2,(H,23,25);1H. The first-order valence-electron chi connectivity index (χ1n) is 9.72. The third kappa shape index (κ3) is 4.27. The molecule has 2 aliphatic rings. The monoisotopic (exact) mass is 435 g/mol. The highest BCUT2D eigenvalue weighted by molar-refractivity contribution is 7.89. The number of nitrogens with zero attached hydrogens (tertiary/aromatic N) is 1. The van der Waals surface area contributed by atoms with E-state index in [-0.39, 0.29) is 29.3 Å². The van der Waals surface area contributed by atoms with Gasteiger partial charge in [0.25, 0.3) is 0 Å². The molecule has 1 aliphatic carbocycles. The molecule has 1 saturated heterocycles. The average molecular weight is 436 g/mol. The van der Waals surface area contributed by atoms with Gasteiger partial charge in [-0.05, 0) is 67.5 Å². The van der Waals surface area contributed by atoms with Crippen molar-refractivity contribution in [3.05, 3.63) is 59.7 Å². The Kier molecular flexibility index (Phi) is 6.51. The van der Waals surface area contributed by atoms with E-state index in [0.29, 0.717) is 19.4 Å². The lowest BCUT2D eigenvalue weighted by molar-refractivity contribution is -0.125. The number of nitrogens with two attached hydrogens (primary N) is 1. The minimum atomic E-state index is -3.68. The molecule has 1 heterocycles. The molecule has 4 rings (SSSR count). The van der Waals surface area contributed by atoms with Crippen molar-refractivity contribution in [1.29, 1.82) is 0 Å². The van der Waals surface area contributed by atoms with E-state index in [0.717, 1.165) is 36.1 Å². The summed E-state index contributed by atoms with van der Waals surface area (Å²) in [5.41, 5.74) is 8.86. The number of rotatable bonds is 4. The number of nitrogens with one attached hydrogen (secondary N) is 1. The minimum Gasteiger partial charge on any atom is -0.399 e. The number of fused-ring (bicyclic) bond motifs is 1. The van der Waals surface area contributed by atoms with Crippen LogP contribution < -0.4 is 11.1 Å². The van der Waals surface area contributed by atoms with E-state index in [4.69, 9.17) is 5.73 Å². The van der Waals surface area contributed by atoms with Gasteiger partial charge in [-0.2, -0.15) is 4.31 Å². The van der Waals surface area contributed by atoms with E-state index in [2.05, 4.69) is 5.32 Å². The number of aryl methyl sites for hydroxylation is 1. The first-order chi connectivity index (χ1) is 13.5. The average Bonchev–Trinajstić information content (AvgIpc) is 3.19. The zero-order chi connectivity index (χ0) is 19.7. The minimum absolute atomic E-state index is 0. The van der Waals surface area contributed by atoms with Crippen LogP contribution in [0.3, 0.4) is 0 Å². The Bertz CT molecular complexity index is 982. The van der Waals surface area contributed by atoms with Crippen molar-refractivity contribution in [2.75, 3.05) is 12.3 Å². The van der Waals surface area contributed by atoms with Crippen LogP contribution in [0.4, 0.5) is 5.69 Å². The van der Waals surface area contributed by atoms with Crippen LogP contribution in [-0.4, -0.2) is 31.2 Å². The Morgan fingerprint density at radius 3 is 2.59 bits per heavy atom. The number of halogens is 1. The van der Waals surface area contributed by atoms with Gasteiger partial charge in [-0.1, -0.05) is 24.3 Å². The number of hydrogen-bond donors (Lipinski definition) is 2. The Morgan fingerprint density at radius 2 is 1.83 bits per heavy atom. The third-order valence-electron chi connectivity index (χ3n) is 5.65. The van der Waals surface area contributed by atoms with Crippen LogP contribution in [0.2, 0.25) is 0 Å². The van der Waals surface area contributed by atoms with E-state index in [9.17, 15) is 13.2 Å². The zero-order valence-corrected chi connectivity index (χ0v) is 17.7. The molecule has 6 nitrogen and oxygen atoms in total. The summed E-state index contributed by atoms with van der Waals surface area (Å²) in [7, 11) is -3.68. The van der Waals surface area contributed by atoms with Crippen LogP contribution in [0.1, 0.15) is 42.9 Å². The molecule has 2 aromatic carbocycles. The van der Waals surface area contributed by atoms with Crippen molar-refractivity contribution < 1.29 is 13.2 Å². The number of carbonyl (C=O) groups is 1. The topological polar surface area (TPSA) is 92.5 Å². The summed E-state index contributed by atoms with van der Waals surface area (Å²) in [4.78, 5) is 13.3. The maximum atomic E-state index is 13.0. The molecular formula is C21H26ClN3O3S. The first-order valence-corrected chi connectivity index (χ1v) is 11.2. The van der Waals surface area contributed by atoms with Crippen molar-refractivity contribution >= 4 is 34.0 Å². The van der Waals surface area contributed by atoms with Crippen LogP contribution >= 0.6 is 12.4 Å². The van der Waals surface area contributed by atoms with Crippen molar-refractivity contribution in [3.8, 4) is 0 Å². The molecule has 8 heteroatoms. The summed E-state index contributed by atoms with van der Waals surface area (Å²) in [5.74, 6) is -0.216. The molecule has 2 aromatic rings. The fourth-order valence-electron chi connectivity index (χ4n) is 4.27. The molecule has 0 aromatic heterocycles. The second kappa shape index (κ2) is 8.73. The molecule has 2 atom stereocenters. The van der Waals surface area contributed by atoms with Gasteiger partial charge in [-0.3, -0.25) is 4.79 Å². The summed E-state index contributed by atoms with van der Waals surface area (Å²) in [5, 5.41) is 3.10. The lowest BCUT2D eigenvalue weighted by Gasteiger charge is -2.29. The molecule has 29 heavy (non-hydrogen) atoms. The fraction of sp³-hybridized carbons (Fsp3) is 0.381. The van der Waals surface area contributed by atoms with Gasteiger partial charge in [-0.25, -0.2) is 8.42 Å². The number of benzene rings is 2. The van der Waals surface area contributed by atoms with Gasteiger partial charge in [-0.15, -0.1) is 12.4 Å².